The van der Waals surface area contributed by atoms with Gasteiger partial charge in [-0.3, -0.25) is 5.32 Å². The molecule has 3 heteroatoms. The van der Waals surface area contributed by atoms with Crippen LogP contribution >= 0.6 is 11.8 Å². The van der Waals surface area contributed by atoms with Crippen molar-refractivity contribution < 1.29 is 0 Å². The summed E-state index contributed by atoms with van der Waals surface area (Å²) in [5, 5.41) is 12.5. The number of nitrogens with one attached hydrogen (secondary N) is 1. The van der Waals surface area contributed by atoms with Crippen molar-refractivity contribution >= 4 is 11.8 Å². The molecule has 2 unspecified atom stereocenters. The summed E-state index contributed by atoms with van der Waals surface area (Å²) < 4.78 is 0. The number of hydrogen-bond acceptors (Lipinski definition) is 3. The number of nitriles is 1. The molecule has 0 aromatic carbocycles. The molecule has 0 rings (SSSR count). The lowest BCUT2D eigenvalue weighted by molar-refractivity contribution is 0.380. The Kier molecular flexibility index (Phi) is 8.72. The van der Waals surface area contributed by atoms with Gasteiger partial charge in [0.25, 0.3) is 0 Å². The summed E-state index contributed by atoms with van der Waals surface area (Å²) >= 11 is 2.02. The molecule has 2 atom stereocenters. The van der Waals surface area contributed by atoms with Crippen LogP contribution in [0.2, 0.25) is 0 Å². The molecule has 0 bridgehead atoms. The molecule has 0 aliphatic rings. The summed E-state index contributed by atoms with van der Waals surface area (Å²) in [5.74, 6) is 3.23. The first-order chi connectivity index (χ1) is 7.93. The van der Waals surface area contributed by atoms with E-state index in [-0.39, 0.29) is 5.54 Å². The fourth-order valence-electron chi connectivity index (χ4n) is 1.73. The van der Waals surface area contributed by atoms with Crippen LogP contribution in [0, 0.1) is 17.2 Å². The van der Waals surface area contributed by atoms with E-state index in [9.17, 15) is 5.26 Å². The lowest BCUT2D eigenvalue weighted by atomic mass is 9.97. The van der Waals surface area contributed by atoms with Crippen LogP contribution in [0.3, 0.4) is 0 Å². The van der Waals surface area contributed by atoms with E-state index in [2.05, 4.69) is 39.1 Å². The van der Waals surface area contributed by atoms with Crippen molar-refractivity contribution in [2.75, 3.05) is 11.5 Å². The third-order valence-corrected chi connectivity index (χ3v) is 4.30. The van der Waals surface area contributed by atoms with E-state index in [1.807, 2.05) is 18.7 Å². The first-order valence-corrected chi connectivity index (χ1v) is 7.85. The van der Waals surface area contributed by atoms with Crippen molar-refractivity contribution in [2.45, 2.75) is 65.5 Å². The van der Waals surface area contributed by atoms with Gasteiger partial charge in [0.05, 0.1) is 6.07 Å². The second kappa shape index (κ2) is 8.83. The predicted octanol–water partition coefficient (Wildman–Crippen LogP) is 3.83. The van der Waals surface area contributed by atoms with Crippen LogP contribution in [0.15, 0.2) is 0 Å². The molecule has 0 heterocycles. The van der Waals surface area contributed by atoms with Gasteiger partial charge < -0.3 is 0 Å². The topological polar surface area (TPSA) is 35.8 Å². The number of hydrogen-bond donors (Lipinski definition) is 1. The van der Waals surface area contributed by atoms with Gasteiger partial charge in [-0.15, -0.1) is 0 Å². The number of rotatable bonds is 9. The number of thioether (sulfide) groups is 1. The summed E-state index contributed by atoms with van der Waals surface area (Å²) in [7, 11) is 0. The Morgan fingerprint density at radius 2 is 2.00 bits per heavy atom. The summed E-state index contributed by atoms with van der Waals surface area (Å²) in [6.07, 6.45) is 3.32. The zero-order valence-electron chi connectivity index (χ0n) is 12.0. The lowest BCUT2D eigenvalue weighted by Gasteiger charge is -2.25. The fraction of sp³-hybridized carbons (Fsp3) is 0.929. The minimum Gasteiger partial charge on any atom is -0.297 e. The van der Waals surface area contributed by atoms with Gasteiger partial charge in [0, 0.05) is 6.04 Å². The molecule has 0 spiro atoms. The highest BCUT2D eigenvalue weighted by atomic mass is 32.2. The largest absolute Gasteiger partial charge is 0.297 e. The van der Waals surface area contributed by atoms with Crippen molar-refractivity contribution in [3.63, 3.8) is 0 Å². The fourth-order valence-corrected chi connectivity index (χ4v) is 2.88. The maximum Gasteiger partial charge on any atom is 0.104 e. The highest BCUT2D eigenvalue weighted by Crippen LogP contribution is 2.17. The second-order valence-corrected chi connectivity index (χ2v) is 6.58. The van der Waals surface area contributed by atoms with E-state index in [1.165, 1.54) is 17.9 Å². The van der Waals surface area contributed by atoms with Gasteiger partial charge >= 0.3 is 0 Å². The van der Waals surface area contributed by atoms with Gasteiger partial charge in [-0.1, -0.05) is 20.3 Å². The van der Waals surface area contributed by atoms with Crippen LogP contribution in [0.4, 0.5) is 0 Å². The van der Waals surface area contributed by atoms with Gasteiger partial charge in [0.15, 0.2) is 0 Å². The average molecular weight is 256 g/mol. The zero-order valence-corrected chi connectivity index (χ0v) is 12.9. The molecular formula is C14H28N2S. The van der Waals surface area contributed by atoms with Crippen LogP contribution in [0.1, 0.15) is 53.9 Å². The molecule has 0 radical (unpaired) electrons. The summed E-state index contributed by atoms with van der Waals surface area (Å²) in [6, 6.07) is 2.77. The second-order valence-electron chi connectivity index (χ2n) is 5.43. The molecule has 0 aliphatic carbocycles. The molecule has 0 aliphatic heterocycles. The lowest BCUT2D eigenvalue weighted by Crippen LogP contribution is -2.44. The van der Waals surface area contributed by atoms with Gasteiger partial charge in [0.2, 0.25) is 0 Å². The first-order valence-electron chi connectivity index (χ1n) is 6.70. The molecule has 0 amide bonds. The minimum atomic E-state index is -0.356. The van der Waals surface area contributed by atoms with E-state index in [4.69, 9.17) is 0 Å². The molecule has 0 saturated heterocycles. The molecule has 2 nitrogen and oxygen atoms in total. The standard InChI is InChI=1S/C14H28N2S/c1-6-13(4)10-17-9-7-8-14(5,11-15)16-12(2)3/h12-13,16H,6-10H2,1-5H3. The third-order valence-electron chi connectivity index (χ3n) is 2.92. The van der Waals surface area contributed by atoms with Gasteiger partial charge in [-0.25, -0.2) is 0 Å². The molecular weight excluding hydrogens is 228 g/mol. The minimum absolute atomic E-state index is 0.356. The molecule has 1 N–H and O–H groups in total. The van der Waals surface area contributed by atoms with E-state index in [0.29, 0.717) is 6.04 Å². The van der Waals surface area contributed by atoms with Crippen molar-refractivity contribution in [2.24, 2.45) is 5.92 Å². The highest BCUT2D eigenvalue weighted by molar-refractivity contribution is 7.99. The van der Waals surface area contributed by atoms with Crippen LogP contribution in [-0.2, 0) is 0 Å². The average Bonchev–Trinajstić information content (AvgIpc) is 2.27. The van der Waals surface area contributed by atoms with Gasteiger partial charge in [-0.2, -0.15) is 17.0 Å². The van der Waals surface area contributed by atoms with Crippen molar-refractivity contribution in [1.82, 2.24) is 5.32 Å². The maximum absolute atomic E-state index is 9.20. The SMILES string of the molecule is CCC(C)CSCCCC(C)(C#N)NC(C)C. The van der Waals surface area contributed by atoms with E-state index in [0.717, 1.165) is 18.8 Å². The van der Waals surface area contributed by atoms with Crippen molar-refractivity contribution in [1.29, 1.82) is 5.26 Å². The van der Waals surface area contributed by atoms with Crippen LogP contribution < -0.4 is 5.32 Å². The molecule has 100 valence electrons. The van der Waals surface area contributed by atoms with Crippen molar-refractivity contribution in [3.05, 3.63) is 0 Å². The van der Waals surface area contributed by atoms with E-state index in [1.54, 1.807) is 0 Å². The Morgan fingerprint density at radius 1 is 1.35 bits per heavy atom. The Bertz CT molecular complexity index is 235. The van der Waals surface area contributed by atoms with Gasteiger partial charge in [0.1, 0.15) is 5.54 Å². The van der Waals surface area contributed by atoms with Crippen LogP contribution in [-0.4, -0.2) is 23.1 Å². The van der Waals surface area contributed by atoms with E-state index >= 15 is 0 Å². The molecule has 0 aromatic heterocycles. The summed E-state index contributed by atoms with van der Waals surface area (Å²) in [5.41, 5.74) is -0.356. The molecule has 0 aromatic rings. The Labute approximate surface area is 112 Å². The smallest absolute Gasteiger partial charge is 0.104 e. The predicted molar refractivity (Wildman–Crippen MR) is 78.3 cm³/mol. The number of nitrogens with zero attached hydrogens (tertiary/aromatic N) is 1. The van der Waals surface area contributed by atoms with Crippen molar-refractivity contribution in [3.8, 4) is 6.07 Å². The zero-order chi connectivity index (χ0) is 13.3. The molecule has 0 fully saturated rings. The summed E-state index contributed by atoms with van der Waals surface area (Å²) in [6.45, 7) is 10.7. The Hall–Kier alpha value is -0.200. The Morgan fingerprint density at radius 3 is 2.47 bits per heavy atom. The van der Waals surface area contributed by atoms with Gasteiger partial charge in [-0.05, 0) is 51.0 Å². The van der Waals surface area contributed by atoms with Crippen LogP contribution in [0.25, 0.3) is 0 Å². The molecule has 17 heavy (non-hydrogen) atoms. The molecule has 0 saturated carbocycles. The normalized spacial score (nSPS) is 16.5. The first kappa shape index (κ1) is 16.8. The highest BCUT2D eigenvalue weighted by Gasteiger charge is 2.23. The quantitative estimate of drug-likeness (QED) is 0.637. The summed E-state index contributed by atoms with van der Waals surface area (Å²) in [4.78, 5) is 0. The third kappa shape index (κ3) is 8.51. The van der Waals surface area contributed by atoms with Crippen LogP contribution in [0.5, 0.6) is 0 Å². The monoisotopic (exact) mass is 256 g/mol. The Balaban J connectivity index is 3.74. The maximum atomic E-state index is 9.20. The van der Waals surface area contributed by atoms with E-state index < -0.39 is 0 Å².